The van der Waals surface area contributed by atoms with Crippen LogP contribution >= 0.6 is 11.6 Å². The van der Waals surface area contributed by atoms with Crippen molar-refractivity contribution >= 4 is 27.1 Å². The van der Waals surface area contributed by atoms with Crippen LogP contribution in [0.15, 0.2) is 18.2 Å². The number of hydrogen-bond acceptors (Lipinski definition) is 5. The van der Waals surface area contributed by atoms with Crippen molar-refractivity contribution in [2.75, 3.05) is 43.0 Å². The molecule has 0 spiro atoms. The maximum absolute atomic E-state index is 11.3. The number of nitrogens with zero attached hydrogens (tertiary/aromatic N) is 2. The summed E-state index contributed by atoms with van der Waals surface area (Å²) in [7, 11) is -2.81. The van der Waals surface area contributed by atoms with E-state index in [1.807, 2.05) is 0 Å². The topological polar surface area (TPSA) is 73.2 Å². The second-order valence-corrected chi connectivity index (χ2v) is 7.82. The maximum Gasteiger partial charge on any atom is 0.152 e. The Bertz CT molecular complexity index is 626. The molecule has 1 N–H and O–H groups in total. The molecule has 21 heavy (non-hydrogen) atoms. The zero-order valence-corrected chi connectivity index (χ0v) is 13.3. The lowest BCUT2D eigenvalue weighted by molar-refractivity contribution is 0.295. The molecule has 1 aromatic carbocycles. The summed E-state index contributed by atoms with van der Waals surface area (Å²) in [6, 6.07) is 7.30. The van der Waals surface area contributed by atoms with Gasteiger partial charge in [0, 0.05) is 24.7 Å². The Labute approximate surface area is 130 Å². The summed E-state index contributed by atoms with van der Waals surface area (Å²) >= 11 is 5.85. The van der Waals surface area contributed by atoms with Crippen LogP contribution in [0.4, 0.5) is 5.69 Å². The van der Waals surface area contributed by atoms with Gasteiger partial charge >= 0.3 is 0 Å². The van der Waals surface area contributed by atoms with Gasteiger partial charge in [-0.25, -0.2) is 8.42 Å². The van der Waals surface area contributed by atoms with Crippen LogP contribution in [0.25, 0.3) is 0 Å². The second kappa shape index (κ2) is 7.12. The summed E-state index contributed by atoms with van der Waals surface area (Å²) in [5, 5.41) is 12.8. The lowest BCUT2D eigenvalue weighted by atomic mass is 10.2. The maximum atomic E-state index is 11.3. The van der Waals surface area contributed by atoms with Crippen LogP contribution in [0.3, 0.4) is 0 Å². The molecule has 0 atom stereocenters. The molecule has 2 rings (SSSR count). The normalized spacial score (nSPS) is 18.1. The SMILES string of the molecule is N#Cc1cc(Cl)ccc1NCCCN1CCS(=O)(=O)CC1. The third-order valence-electron chi connectivity index (χ3n) is 3.51. The van der Waals surface area contributed by atoms with Crippen LogP contribution < -0.4 is 5.32 Å². The molecule has 7 heteroatoms. The highest BCUT2D eigenvalue weighted by Crippen LogP contribution is 2.19. The van der Waals surface area contributed by atoms with Crippen LogP contribution in [-0.2, 0) is 9.84 Å². The average Bonchev–Trinajstić information content (AvgIpc) is 2.46. The van der Waals surface area contributed by atoms with E-state index in [2.05, 4.69) is 16.3 Å². The predicted octanol–water partition coefficient (Wildman–Crippen LogP) is 1.74. The predicted molar refractivity (Wildman–Crippen MR) is 84.4 cm³/mol. The van der Waals surface area contributed by atoms with Gasteiger partial charge in [-0.1, -0.05) is 11.6 Å². The van der Waals surface area contributed by atoms with Crippen LogP contribution in [0.1, 0.15) is 12.0 Å². The summed E-state index contributed by atoms with van der Waals surface area (Å²) < 4.78 is 22.7. The Morgan fingerprint density at radius 2 is 2.05 bits per heavy atom. The molecule has 0 bridgehead atoms. The van der Waals surface area contributed by atoms with Crippen molar-refractivity contribution in [3.63, 3.8) is 0 Å². The molecule has 0 aliphatic carbocycles. The number of halogens is 1. The van der Waals surface area contributed by atoms with Crippen molar-refractivity contribution in [1.29, 1.82) is 5.26 Å². The summed E-state index contributed by atoms with van der Waals surface area (Å²) in [5.41, 5.74) is 1.31. The van der Waals surface area contributed by atoms with Gasteiger partial charge in [-0.05, 0) is 31.2 Å². The number of nitrogens with one attached hydrogen (secondary N) is 1. The molecule has 1 aromatic rings. The Hall–Kier alpha value is -1.29. The van der Waals surface area contributed by atoms with Crippen LogP contribution in [0.5, 0.6) is 0 Å². The summed E-state index contributed by atoms with van der Waals surface area (Å²) in [6.07, 6.45) is 0.896. The Balaban J connectivity index is 1.75. The lowest BCUT2D eigenvalue weighted by Gasteiger charge is -2.26. The van der Waals surface area contributed by atoms with E-state index in [-0.39, 0.29) is 11.5 Å². The van der Waals surface area contributed by atoms with Gasteiger partial charge in [0.25, 0.3) is 0 Å². The Morgan fingerprint density at radius 3 is 2.71 bits per heavy atom. The first-order valence-electron chi connectivity index (χ1n) is 6.86. The largest absolute Gasteiger partial charge is 0.384 e. The molecule has 1 heterocycles. The molecule has 1 saturated heterocycles. The van der Waals surface area contributed by atoms with Gasteiger partial charge in [0.15, 0.2) is 9.84 Å². The van der Waals surface area contributed by atoms with E-state index in [4.69, 9.17) is 16.9 Å². The first-order chi connectivity index (χ1) is 10.00. The lowest BCUT2D eigenvalue weighted by Crippen LogP contribution is -2.41. The third kappa shape index (κ3) is 4.88. The van der Waals surface area contributed by atoms with Gasteiger partial charge in [0.2, 0.25) is 0 Å². The molecule has 114 valence electrons. The minimum Gasteiger partial charge on any atom is -0.384 e. The Kier molecular flexibility index (Phi) is 5.45. The molecule has 1 fully saturated rings. The highest BCUT2D eigenvalue weighted by Gasteiger charge is 2.20. The Morgan fingerprint density at radius 1 is 1.33 bits per heavy atom. The molecule has 0 saturated carbocycles. The standard InChI is InChI=1S/C14H18ClN3O2S/c15-13-2-3-14(12(10-13)11-16)17-4-1-5-18-6-8-21(19,20)9-7-18/h2-3,10,17H,1,4-9H2. The second-order valence-electron chi connectivity index (χ2n) is 5.08. The molecular weight excluding hydrogens is 310 g/mol. The van der Waals surface area contributed by atoms with Crippen molar-refractivity contribution < 1.29 is 8.42 Å². The van der Waals surface area contributed by atoms with Gasteiger partial charge in [0.05, 0.1) is 22.8 Å². The summed E-state index contributed by atoms with van der Waals surface area (Å²) in [5.74, 6) is 0.520. The average molecular weight is 328 g/mol. The summed E-state index contributed by atoms with van der Waals surface area (Å²) in [4.78, 5) is 2.16. The molecule has 0 radical (unpaired) electrons. The molecular formula is C14H18ClN3O2S. The molecule has 5 nitrogen and oxygen atoms in total. The van der Waals surface area contributed by atoms with Gasteiger partial charge < -0.3 is 10.2 Å². The van der Waals surface area contributed by atoms with Gasteiger partial charge in [-0.2, -0.15) is 5.26 Å². The zero-order chi connectivity index (χ0) is 15.3. The summed E-state index contributed by atoms with van der Waals surface area (Å²) in [6.45, 7) is 2.83. The van der Waals surface area contributed by atoms with Gasteiger partial charge in [0.1, 0.15) is 6.07 Å². The molecule has 1 aliphatic rings. The smallest absolute Gasteiger partial charge is 0.152 e. The van der Waals surface area contributed by atoms with Crippen molar-refractivity contribution in [2.24, 2.45) is 0 Å². The number of rotatable bonds is 5. The van der Waals surface area contributed by atoms with E-state index in [1.165, 1.54) is 0 Å². The first kappa shape index (κ1) is 16.1. The van der Waals surface area contributed by atoms with E-state index >= 15 is 0 Å². The van der Waals surface area contributed by atoms with Crippen molar-refractivity contribution in [2.45, 2.75) is 6.42 Å². The van der Waals surface area contributed by atoms with Crippen LogP contribution in [0.2, 0.25) is 5.02 Å². The van der Waals surface area contributed by atoms with E-state index in [0.717, 1.165) is 25.2 Å². The molecule has 0 aromatic heterocycles. The first-order valence-corrected chi connectivity index (χ1v) is 9.06. The number of hydrogen-bond donors (Lipinski definition) is 1. The minimum absolute atomic E-state index is 0.260. The van der Waals surface area contributed by atoms with Crippen molar-refractivity contribution in [3.05, 3.63) is 28.8 Å². The number of nitriles is 1. The fourth-order valence-corrected chi connectivity index (χ4v) is 3.71. The molecule has 1 aliphatic heterocycles. The molecule has 0 unspecified atom stereocenters. The van der Waals surface area contributed by atoms with E-state index in [1.54, 1.807) is 18.2 Å². The molecule has 0 amide bonds. The number of benzene rings is 1. The van der Waals surface area contributed by atoms with Crippen LogP contribution in [-0.4, -0.2) is 51.0 Å². The minimum atomic E-state index is -2.81. The van der Waals surface area contributed by atoms with Crippen molar-refractivity contribution in [3.8, 4) is 6.07 Å². The highest BCUT2D eigenvalue weighted by atomic mass is 35.5. The monoisotopic (exact) mass is 327 g/mol. The highest BCUT2D eigenvalue weighted by molar-refractivity contribution is 7.91. The van der Waals surface area contributed by atoms with E-state index < -0.39 is 9.84 Å². The van der Waals surface area contributed by atoms with Gasteiger partial charge in [-0.3, -0.25) is 0 Å². The van der Waals surface area contributed by atoms with E-state index in [9.17, 15) is 8.42 Å². The zero-order valence-electron chi connectivity index (χ0n) is 11.7. The quantitative estimate of drug-likeness (QED) is 0.834. The third-order valence-corrected chi connectivity index (χ3v) is 5.35. The fourth-order valence-electron chi connectivity index (χ4n) is 2.26. The number of sulfone groups is 1. The van der Waals surface area contributed by atoms with E-state index in [0.29, 0.717) is 23.7 Å². The van der Waals surface area contributed by atoms with Gasteiger partial charge in [-0.15, -0.1) is 0 Å². The van der Waals surface area contributed by atoms with Crippen molar-refractivity contribution in [1.82, 2.24) is 4.90 Å². The fraction of sp³-hybridized carbons (Fsp3) is 0.500. The number of anilines is 1. The van der Waals surface area contributed by atoms with Crippen LogP contribution in [0, 0.1) is 11.3 Å².